The van der Waals surface area contributed by atoms with E-state index in [-0.39, 0.29) is 12.1 Å². The summed E-state index contributed by atoms with van der Waals surface area (Å²) in [5.41, 5.74) is 8.34. The second-order valence-electron chi connectivity index (χ2n) is 5.66. The molecule has 0 aromatic heterocycles. The average Bonchev–Trinajstić information content (AvgIpc) is 2.87. The molecule has 2 N–H and O–H groups in total. The highest BCUT2D eigenvalue weighted by atomic mass is 35.5. The van der Waals surface area contributed by atoms with Gasteiger partial charge in [0.15, 0.2) is 0 Å². The molecule has 0 saturated carbocycles. The molecule has 1 aromatic carbocycles. The van der Waals surface area contributed by atoms with E-state index in [4.69, 9.17) is 26.8 Å². The third-order valence-corrected chi connectivity index (χ3v) is 4.20. The molecule has 2 aliphatic rings. The van der Waals surface area contributed by atoms with Crippen LogP contribution in [0, 0.1) is 0 Å². The predicted molar refractivity (Wildman–Crippen MR) is 79.3 cm³/mol. The molecule has 0 bridgehead atoms. The Bertz CT molecular complexity index is 493. The van der Waals surface area contributed by atoms with Crippen molar-refractivity contribution in [3.63, 3.8) is 0 Å². The monoisotopic (exact) mass is 296 g/mol. The van der Waals surface area contributed by atoms with Gasteiger partial charge in [-0.2, -0.15) is 0 Å². The van der Waals surface area contributed by atoms with Crippen LogP contribution in [0.4, 0.5) is 0 Å². The predicted octanol–water partition coefficient (Wildman–Crippen LogP) is 1.82. The van der Waals surface area contributed by atoms with Crippen molar-refractivity contribution in [2.75, 3.05) is 26.3 Å². The van der Waals surface area contributed by atoms with Gasteiger partial charge in [0.05, 0.1) is 19.3 Å². The van der Waals surface area contributed by atoms with Gasteiger partial charge < -0.3 is 15.2 Å². The summed E-state index contributed by atoms with van der Waals surface area (Å²) in [5.74, 6) is 1.03. The van der Waals surface area contributed by atoms with E-state index in [2.05, 4.69) is 4.90 Å². The van der Waals surface area contributed by atoms with Crippen molar-refractivity contribution in [1.29, 1.82) is 0 Å². The quantitative estimate of drug-likeness (QED) is 0.924. The lowest BCUT2D eigenvalue weighted by Gasteiger charge is -2.35. The summed E-state index contributed by atoms with van der Waals surface area (Å²) in [6, 6.07) is 4.08. The van der Waals surface area contributed by atoms with Gasteiger partial charge in [0.25, 0.3) is 0 Å². The van der Waals surface area contributed by atoms with E-state index in [9.17, 15) is 0 Å². The second kappa shape index (κ2) is 5.90. The lowest BCUT2D eigenvalue weighted by Crippen LogP contribution is -2.49. The second-order valence-corrected chi connectivity index (χ2v) is 6.09. The minimum absolute atomic E-state index is 0.0547. The van der Waals surface area contributed by atoms with Gasteiger partial charge in [0.1, 0.15) is 5.75 Å². The number of halogens is 1. The van der Waals surface area contributed by atoms with E-state index in [1.54, 1.807) is 0 Å². The van der Waals surface area contributed by atoms with Crippen LogP contribution in [0.1, 0.15) is 18.1 Å². The van der Waals surface area contributed by atoms with E-state index in [1.165, 1.54) is 11.1 Å². The number of benzene rings is 1. The molecule has 5 heteroatoms. The van der Waals surface area contributed by atoms with E-state index >= 15 is 0 Å². The molecule has 1 fully saturated rings. The average molecular weight is 297 g/mol. The first-order valence-corrected chi connectivity index (χ1v) is 7.55. The Morgan fingerprint density at radius 3 is 3.10 bits per heavy atom. The van der Waals surface area contributed by atoms with Gasteiger partial charge in [0.2, 0.25) is 0 Å². The first-order valence-electron chi connectivity index (χ1n) is 7.17. The third-order valence-electron chi connectivity index (χ3n) is 3.98. The van der Waals surface area contributed by atoms with Gasteiger partial charge in [-0.05, 0) is 24.6 Å². The zero-order valence-corrected chi connectivity index (χ0v) is 12.5. The largest absolute Gasteiger partial charge is 0.493 e. The first-order chi connectivity index (χ1) is 9.63. The lowest BCUT2D eigenvalue weighted by molar-refractivity contribution is -0.0405. The van der Waals surface area contributed by atoms with E-state index in [0.717, 1.165) is 50.0 Å². The van der Waals surface area contributed by atoms with Gasteiger partial charge in [0, 0.05) is 42.7 Å². The summed E-state index contributed by atoms with van der Waals surface area (Å²) < 4.78 is 11.5. The number of hydrogen-bond acceptors (Lipinski definition) is 4. The molecule has 3 rings (SSSR count). The molecule has 2 aliphatic heterocycles. The summed E-state index contributed by atoms with van der Waals surface area (Å²) >= 11 is 6.21. The zero-order valence-electron chi connectivity index (χ0n) is 11.8. The fourth-order valence-electron chi connectivity index (χ4n) is 2.90. The van der Waals surface area contributed by atoms with Crippen LogP contribution >= 0.6 is 11.6 Å². The van der Waals surface area contributed by atoms with Gasteiger partial charge in [-0.1, -0.05) is 11.6 Å². The highest BCUT2D eigenvalue weighted by molar-refractivity contribution is 6.30. The zero-order chi connectivity index (χ0) is 14.1. The van der Waals surface area contributed by atoms with Crippen LogP contribution in [0.3, 0.4) is 0 Å². The lowest BCUT2D eigenvalue weighted by atomic mass is 10.1. The summed E-state index contributed by atoms with van der Waals surface area (Å²) in [6.45, 7) is 6.11. The van der Waals surface area contributed by atoms with Crippen LogP contribution in [0.15, 0.2) is 12.1 Å². The van der Waals surface area contributed by atoms with Crippen molar-refractivity contribution >= 4 is 11.6 Å². The standard InChI is InChI=1S/C15H21ClN2O2/c1-10(17)14-9-18(3-5-19-14)8-12-7-13(16)6-11-2-4-20-15(11)12/h6-7,10,14H,2-5,8-9,17H2,1H3. The van der Waals surface area contributed by atoms with Crippen molar-refractivity contribution in [1.82, 2.24) is 4.90 Å². The Kier molecular flexibility index (Phi) is 4.17. The topological polar surface area (TPSA) is 47.7 Å². The molecule has 0 amide bonds. The molecule has 0 aliphatic carbocycles. The molecular weight excluding hydrogens is 276 g/mol. The molecule has 2 atom stereocenters. The van der Waals surface area contributed by atoms with Crippen LogP contribution in [0.5, 0.6) is 5.75 Å². The van der Waals surface area contributed by atoms with Crippen molar-refractivity contribution < 1.29 is 9.47 Å². The summed E-state index contributed by atoms with van der Waals surface area (Å²) in [7, 11) is 0. The molecule has 110 valence electrons. The highest BCUT2D eigenvalue weighted by Gasteiger charge is 2.25. The molecule has 1 saturated heterocycles. The van der Waals surface area contributed by atoms with Crippen molar-refractivity contribution in [2.45, 2.75) is 32.0 Å². The number of ether oxygens (including phenoxy) is 2. The SMILES string of the molecule is CC(N)C1CN(Cc2cc(Cl)cc3c2OCC3)CCO1. The fourth-order valence-corrected chi connectivity index (χ4v) is 3.16. The Morgan fingerprint density at radius 2 is 2.30 bits per heavy atom. The maximum absolute atomic E-state index is 6.21. The molecule has 0 spiro atoms. The molecule has 20 heavy (non-hydrogen) atoms. The van der Waals surface area contributed by atoms with Crippen LogP contribution in [-0.2, 0) is 17.7 Å². The summed E-state index contributed by atoms with van der Waals surface area (Å²) in [4.78, 5) is 2.37. The molecule has 1 aromatic rings. The smallest absolute Gasteiger partial charge is 0.127 e. The molecule has 2 heterocycles. The van der Waals surface area contributed by atoms with Gasteiger partial charge in [-0.3, -0.25) is 4.90 Å². The van der Waals surface area contributed by atoms with Crippen molar-refractivity contribution in [3.05, 3.63) is 28.3 Å². The third kappa shape index (κ3) is 2.93. The van der Waals surface area contributed by atoms with Crippen molar-refractivity contribution in [3.8, 4) is 5.75 Å². The van der Waals surface area contributed by atoms with Crippen molar-refractivity contribution in [2.24, 2.45) is 5.73 Å². The summed E-state index contributed by atoms with van der Waals surface area (Å²) in [5, 5.41) is 0.793. The van der Waals surface area contributed by atoms with E-state index < -0.39 is 0 Å². The Balaban J connectivity index is 1.75. The highest BCUT2D eigenvalue weighted by Crippen LogP contribution is 2.33. The number of hydrogen-bond donors (Lipinski definition) is 1. The Morgan fingerprint density at radius 1 is 1.45 bits per heavy atom. The van der Waals surface area contributed by atoms with Crippen LogP contribution in [0.25, 0.3) is 0 Å². The van der Waals surface area contributed by atoms with E-state index in [0.29, 0.717) is 0 Å². The molecule has 0 radical (unpaired) electrons. The fraction of sp³-hybridized carbons (Fsp3) is 0.600. The molecular formula is C15H21ClN2O2. The Labute approximate surface area is 124 Å². The minimum Gasteiger partial charge on any atom is -0.493 e. The first kappa shape index (κ1) is 14.1. The number of nitrogens with two attached hydrogens (primary N) is 1. The van der Waals surface area contributed by atoms with Crippen LogP contribution < -0.4 is 10.5 Å². The number of morpholine rings is 1. The van der Waals surface area contributed by atoms with Crippen LogP contribution in [-0.4, -0.2) is 43.3 Å². The maximum atomic E-state index is 6.21. The maximum Gasteiger partial charge on any atom is 0.127 e. The van der Waals surface area contributed by atoms with Gasteiger partial charge >= 0.3 is 0 Å². The van der Waals surface area contributed by atoms with Gasteiger partial charge in [-0.15, -0.1) is 0 Å². The normalized spacial score (nSPS) is 24.2. The number of nitrogens with zero attached hydrogens (tertiary/aromatic N) is 1. The number of fused-ring (bicyclic) bond motifs is 1. The minimum atomic E-state index is 0.0547. The Hall–Kier alpha value is -0.810. The molecule has 2 unspecified atom stereocenters. The summed E-state index contributed by atoms with van der Waals surface area (Å²) in [6.07, 6.45) is 1.06. The van der Waals surface area contributed by atoms with E-state index in [1.807, 2.05) is 19.1 Å². The number of rotatable bonds is 3. The molecule has 4 nitrogen and oxygen atoms in total. The van der Waals surface area contributed by atoms with Gasteiger partial charge in [-0.25, -0.2) is 0 Å². The van der Waals surface area contributed by atoms with Crippen LogP contribution in [0.2, 0.25) is 5.02 Å².